The van der Waals surface area contributed by atoms with E-state index in [0.29, 0.717) is 5.56 Å². The van der Waals surface area contributed by atoms with Crippen LogP contribution >= 0.6 is 0 Å². The molecular weight excluding hydrogens is 400 g/mol. The second-order valence-corrected chi connectivity index (χ2v) is 14.5. The first kappa shape index (κ1) is 22.6. The summed E-state index contributed by atoms with van der Waals surface area (Å²) >= 11 is 0. The zero-order valence-corrected chi connectivity index (χ0v) is 19.9. The first-order chi connectivity index (χ1) is 14.5. The summed E-state index contributed by atoms with van der Waals surface area (Å²) in [6, 6.07) is 16.7. The van der Waals surface area contributed by atoms with Crippen molar-refractivity contribution in [2.45, 2.75) is 51.4 Å². The summed E-state index contributed by atoms with van der Waals surface area (Å²) in [5.74, 6) is 2.25. The Morgan fingerprint density at radius 2 is 1.52 bits per heavy atom. The number of hydrogen-bond donors (Lipinski definition) is 2. The monoisotopic (exact) mass is 430 g/mol. The summed E-state index contributed by atoms with van der Waals surface area (Å²) in [6.45, 7) is 11.0. The first-order valence-electron chi connectivity index (χ1n) is 10.5. The molecule has 0 aliphatic rings. The van der Waals surface area contributed by atoms with Gasteiger partial charge in [0.2, 0.25) is 5.91 Å². The third-order valence-electron chi connectivity index (χ3n) is 6.23. The van der Waals surface area contributed by atoms with Crippen molar-refractivity contribution in [3.8, 4) is 11.5 Å². The standard InChI is InChI=1S/C26H30N2O2Si/c1-26(2,3)31(4,5)16-10-15-22(24(27)29)28-25(30)23-20-13-8-6-11-18(20)17-19-12-7-9-14-21(19)23/h6-9,11-14,17,22H,15H2,1-5H3,(H2,27,29)(H,28,30)/t22-/m0/s1. The summed E-state index contributed by atoms with van der Waals surface area (Å²) in [7, 11) is -1.81. The van der Waals surface area contributed by atoms with E-state index in [1.807, 2.05) is 48.5 Å². The lowest BCUT2D eigenvalue weighted by Gasteiger charge is -2.31. The van der Waals surface area contributed by atoms with Gasteiger partial charge in [-0.2, -0.15) is 0 Å². The molecule has 2 amide bonds. The number of rotatable bonds is 4. The summed E-state index contributed by atoms with van der Waals surface area (Å²) < 4.78 is 0. The van der Waals surface area contributed by atoms with Crippen molar-refractivity contribution in [3.05, 3.63) is 60.2 Å². The molecule has 3 aromatic carbocycles. The molecule has 0 aliphatic carbocycles. The van der Waals surface area contributed by atoms with Gasteiger partial charge in [-0.25, -0.2) is 0 Å². The highest BCUT2D eigenvalue weighted by molar-refractivity contribution is 6.87. The fourth-order valence-corrected chi connectivity index (χ4v) is 4.19. The van der Waals surface area contributed by atoms with Gasteiger partial charge in [0.25, 0.3) is 5.91 Å². The van der Waals surface area contributed by atoms with Crippen LogP contribution < -0.4 is 11.1 Å². The quantitative estimate of drug-likeness (QED) is 0.347. The third-order valence-corrected chi connectivity index (χ3v) is 10.8. The molecule has 31 heavy (non-hydrogen) atoms. The topological polar surface area (TPSA) is 72.2 Å². The Morgan fingerprint density at radius 3 is 2.00 bits per heavy atom. The minimum atomic E-state index is -1.81. The number of nitrogens with one attached hydrogen (secondary N) is 1. The van der Waals surface area contributed by atoms with E-state index in [1.165, 1.54) is 0 Å². The number of nitrogens with two attached hydrogens (primary N) is 1. The lowest BCUT2D eigenvalue weighted by molar-refractivity contribution is -0.119. The number of hydrogen-bond acceptors (Lipinski definition) is 2. The van der Waals surface area contributed by atoms with Crippen molar-refractivity contribution in [1.29, 1.82) is 0 Å². The molecule has 1 atom stereocenters. The van der Waals surface area contributed by atoms with E-state index >= 15 is 0 Å². The Hall–Kier alpha value is -3.10. The number of primary amides is 1. The molecule has 3 aromatic rings. The van der Waals surface area contributed by atoms with Gasteiger partial charge in [-0.05, 0) is 32.6 Å². The molecule has 0 fully saturated rings. The van der Waals surface area contributed by atoms with E-state index in [1.54, 1.807) is 0 Å². The number of carbonyl (C=O) groups is 2. The molecule has 5 heteroatoms. The van der Waals surface area contributed by atoms with Crippen LogP contribution in [0.15, 0.2) is 54.6 Å². The van der Waals surface area contributed by atoms with Gasteiger partial charge in [0.05, 0.1) is 5.56 Å². The molecule has 0 saturated heterocycles. The largest absolute Gasteiger partial charge is 0.368 e. The summed E-state index contributed by atoms with van der Waals surface area (Å²) in [4.78, 5) is 25.4. The zero-order valence-electron chi connectivity index (χ0n) is 18.9. The van der Waals surface area contributed by atoms with E-state index in [9.17, 15) is 9.59 Å². The third kappa shape index (κ3) is 4.81. The highest BCUT2D eigenvalue weighted by Crippen LogP contribution is 2.35. The minimum absolute atomic E-state index is 0.118. The number of fused-ring (bicyclic) bond motifs is 2. The minimum Gasteiger partial charge on any atom is -0.368 e. The Balaban J connectivity index is 1.95. The predicted octanol–water partition coefficient (Wildman–Crippen LogP) is 5.02. The van der Waals surface area contributed by atoms with E-state index in [0.717, 1.165) is 21.5 Å². The summed E-state index contributed by atoms with van der Waals surface area (Å²) in [5.41, 5.74) is 9.55. The van der Waals surface area contributed by atoms with Crippen molar-refractivity contribution >= 4 is 41.4 Å². The van der Waals surface area contributed by atoms with Crippen molar-refractivity contribution in [2.75, 3.05) is 0 Å². The van der Waals surface area contributed by atoms with Crippen LogP contribution in [0.1, 0.15) is 37.6 Å². The Kier molecular flexibility index (Phi) is 6.24. The van der Waals surface area contributed by atoms with E-state index in [2.05, 4.69) is 56.7 Å². The normalized spacial score (nSPS) is 12.8. The molecule has 0 aliphatic heterocycles. The first-order valence-corrected chi connectivity index (χ1v) is 13.5. The van der Waals surface area contributed by atoms with Gasteiger partial charge in [0.1, 0.15) is 14.1 Å². The van der Waals surface area contributed by atoms with Crippen LogP contribution in [0.5, 0.6) is 0 Å². The van der Waals surface area contributed by atoms with Crippen LogP contribution in [-0.4, -0.2) is 25.9 Å². The van der Waals surface area contributed by atoms with Gasteiger partial charge >= 0.3 is 0 Å². The average molecular weight is 431 g/mol. The molecule has 0 bridgehead atoms. The molecule has 0 heterocycles. The molecule has 4 nitrogen and oxygen atoms in total. The fraction of sp³-hybridized carbons (Fsp3) is 0.308. The number of amides is 2. The second-order valence-electron chi connectivity index (χ2n) is 9.50. The highest BCUT2D eigenvalue weighted by atomic mass is 28.3. The van der Waals surface area contributed by atoms with E-state index < -0.39 is 20.0 Å². The molecule has 0 unspecified atom stereocenters. The van der Waals surface area contributed by atoms with E-state index in [-0.39, 0.29) is 17.4 Å². The molecule has 0 radical (unpaired) electrons. The molecular formula is C26H30N2O2Si. The van der Waals surface area contributed by atoms with Crippen molar-refractivity contribution < 1.29 is 9.59 Å². The van der Waals surface area contributed by atoms with Crippen molar-refractivity contribution in [1.82, 2.24) is 5.32 Å². The Bertz CT molecular complexity index is 1160. The number of benzene rings is 3. The lowest BCUT2D eigenvalue weighted by Crippen LogP contribution is -2.44. The Labute approximate surface area is 185 Å². The van der Waals surface area contributed by atoms with Crippen LogP contribution in [0.25, 0.3) is 21.5 Å². The number of carbonyl (C=O) groups excluding carboxylic acids is 2. The van der Waals surface area contributed by atoms with Gasteiger partial charge in [-0.15, -0.1) is 11.5 Å². The predicted molar refractivity (Wildman–Crippen MR) is 131 cm³/mol. The molecule has 160 valence electrons. The van der Waals surface area contributed by atoms with Crippen LogP contribution in [0, 0.1) is 11.5 Å². The maximum Gasteiger partial charge on any atom is 0.253 e. The van der Waals surface area contributed by atoms with Gasteiger partial charge in [-0.3, -0.25) is 9.59 Å². The van der Waals surface area contributed by atoms with Gasteiger partial charge < -0.3 is 11.1 Å². The fourth-order valence-electron chi connectivity index (χ4n) is 3.27. The molecule has 0 spiro atoms. The Morgan fingerprint density at radius 1 is 1.00 bits per heavy atom. The van der Waals surface area contributed by atoms with Gasteiger partial charge in [0, 0.05) is 6.42 Å². The molecule has 0 saturated carbocycles. The maximum atomic E-state index is 13.3. The lowest BCUT2D eigenvalue weighted by atomic mass is 9.96. The smallest absolute Gasteiger partial charge is 0.253 e. The second kappa shape index (κ2) is 8.56. The molecule has 3 N–H and O–H groups in total. The molecule has 0 aromatic heterocycles. The SMILES string of the molecule is CC(C)(C)[Si](C)(C)C#CC[C@H](NC(=O)c1c2ccccc2cc2ccccc12)C(N)=O. The van der Waals surface area contributed by atoms with Gasteiger partial charge in [0.15, 0.2) is 0 Å². The van der Waals surface area contributed by atoms with Crippen LogP contribution in [-0.2, 0) is 4.79 Å². The van der Waals surface area contributed by atoms with Crippen LogP contribution in [0.4, 0.5) is 0 Å². The molecule has 3 rings (SSSR count). The van der Waals surface area contributed by atoms with Crippen LogP contribution in [0.2, 0.25) is 18.1 Å². The van der Waals surface area contributed by atoms with Crippen LogP contribution in [0.3, 0.4) is 0 Å². The van der Waals surface area contributed by atoms with Crippen molar-refractivity contribution in [3.63, 3.8) is 0 Å². The van der Waals surface area contributed by atoms with Crippen molar-refractivity contribution in [2.24, 2.45) is 5.73 Å². The van der Waals surface area contributed by atoms with Gasteiger partial charge in [-0.1, -0.05) is 82.4 Å². The maximum absolute atomic E-state index is 13.3. The summed E-state index contributed by atoms with van der Waals surface area (Å²) in [5, 5.41) is 6.59. The highest BCUT2D eigenvalue weighted by Gasteiger charge is 2.33. The van der Waals surface area contributed by atoms with E-state index in [4.69, 9.17) is 5.73 Å². The average Bonchev–Trinajstić information content (AvgIpc) is 2.70. The summed E-state index contributed by atoms with van der Waals surface area (Å²) in [6.07, 6.45) is 0.205. The zero-order chi connectivity index (χ0) is 22.8.